The number of aliphatic hydroxyl groups is 1. The van der Waals surface area contributed by atoms with Crippen LogP contribution in [-0.4, -0.2) is 49.5 Å². The van der Waals surface area contributed by atoms with Gasteiger partial charge in [-0.1, -0.05) is 0 Å². The molecule has 0 aliphatic rings. The fraction of sp³-hybridized carbons (Fsp3) is 0.667. The van der Waals surface area contributed by atoms with E-state index in [9.17, 15) is 0 Å². The van der Waals surface area contributed by atoms with Crippen molar-refractivity contribution in [2.45, 2.75) is 19.0 Å². The van der Waals surface area contributed by atoms with Crippen molar-refractivity contribution in [3.63, 3.8) is 0 Å². The summed E-state index contributed by atoms with van der Waals surface area (Å²) < 4.78 is 10.5. The summed E-state index contributed by atoms with van der Waals surface area (Å²) in [7, 11) is 1.66. The van der Waals surface area contributed by atoms with Crippen molar-refractivity contribution in [3.8, 4) is 0 Å². The molecule has 98 valence electrons. The highest BCUT2D eigenvalue weighted by molar-refractivity contribution is 5.07. The van der Waals surface area contributed by atoms with E-state index in [1.165, 1.54) is 0 Å². The summed E-state index contributed by atoms with van der Waals surface area (Å²) >= 11 is 0. The molecule has 0 fully saturated rings. The fourth-order valence-corrected chi connectivity index (χ4v) is 1.96. The number of methoxy groups -OCH3 is 1. The van der Waals surface area contributed by atoms with Crippen LogP contribution in [-0.2, 0) is 4.74 Å². The molecule has 0 aromatic carbocycles. The van der Waals surface area contributed by atoms with Crippen LogP contribution in [0, 0.1) is 0 Å². The minimum absolute atomic E-state index is 0.0349. The average molecular weight is 242 g/mol. The Balaban J connectivity index is 2.77. The summed E-state index contributed by atoms with van der Waals surface area (Å²) in [5.74, 6) is 0.824. The molecular formula is C12H22N2O3. The summed E-state index contributed by atoms with van der Waals surface area (Å²) in [6.45, 7) is 3.89. The molecule has 3 N–H and O–H groups in total. The van der Waals surface area contributed by atoms with E-state index in [0.29, 0.717) is 19.7 Å². The van der Waals surface area contributed by atoms with Crippen LogP contribution in [0.4, 0.5) is 0 Å². The van der Waals surface area contributed by atoms with Crippen LogP contribution in [0.25, 0.3) is 0 Å². The Morgan fingerprint density at radius 2 is 2.29 bits per heavy atom. The zero-order chi connectivity index (χ0) is 12.7. The van der Waals surface area contributed by atoms with E-state index in [-0.39, 0.29) is 18.7 Å². The molecule has 17 heavy (non-hydrogen) atoms. The number of nitrogens with two attached hydrogens (primary N) is 1. The second-order valence-corrected chi connectivity index (χ2v) is 4.07. The molecule has 1 heterocycles. The molecule has 0 spiro atoms. The summed E-state index contributed by atoms with van der Waals surface area (Å²) in [5.41, 5.74) is 6.01. The highest BCUT2D eigenvalue weighted by atomic mass is 16.5. The molecule has 5 heteroatoms. The number of nitrogens with zero attached hydrogens (tertiary/aromatic N) is 1. The molecule has 0 bridgehead atoms. The van der Waals surface area contributed by atoms with Gasteiger partial charge in [0.2, 0.25) is 0 Å². The standard InChI is InChI=1S/C12H22N2O3/c1-10(13)12(11-4-3-8-17-11)14(5-7-15)6-9-16-2/h3-4,8,10,12,15H,5-7,9,13H2,1-2H3. The van der Waals surface area contributed by atoms with Gasteiger partial charge in [-0.05, 0) is 19.1 Å². The molecule has 1 aromatic rings. The van der Waals surface area contributed by atoms with Crippen LogP contribution in [0.15, 0.2) is 22.8 Å². The lowest BCUT2D eigenvalue weighted by Gasteiger charge is -2.32. The summed E-state index contributed by atoms with van der Waals surface area (Å²) in [6.07, 6.45) is 1.64. The molecule has 2 unspecified atom stereocenters. The monoisotopic (exact) mass is 242 g/mol. The van der Waals surface area contributed by atoms with Crippen molar-refractivity contribution in [2.24, 2.45) is 5.73 Å². The minimum atomic E-state index is -0.0791. The molecular weight excluding hydrogens is 220 g/mol. The lowest BCUT2D eigenvalue weighted by Crippen LogP contribution is -2.42. The predicted octanol–water partition coefficient (Wildman–Crippen LogP) is 0.609. The second-order valence-electron chi connectivity index (χ2n) is 4.07. The Bertz CT molecular complexity index is 288. The van der Waals surface area contributed by atoms with E-state index in [4.69, 9.17) is 20.0 Å². The van der Waals surface area contributed by atoms with E-state index >= 15 is 0 Å². The van der Waals surface area contributed by atoms with Crippen molar-refractivity contribution in [3.05, 3.63) is 24.2 Å². The van der Waals surface area contributed by atoms with E-state index in [2.05, 4.69) is 4.90 Å². The van der Waals surface area contributed by atoms with Crippen LogP contribution in [0.2, 0.25) is 0 Å². The number of ether oxygens (including phenoxy) is 1. The van der Waals surface area contributed by atoms with Gasteiger partial charge in [-0.15, -0.1) is 0 Å². The van der Waals surface area contributed by atoms with Crippen molar-refractivity contribution in [1.29, 1.82) is 0 Å². The Kier molecular flexibility index (Phi) is 6.21. The van der Waals surface area contributed by atoms with Crippen LogP contribution in [0.5, 0.6) is 0 Å². The van der Waals surface area contributed by atoms with Crippen molar-refractivity contribution in [2.75, 3.05) is 33.4 Å². The molecule has 0 saturated carbocycles. The topological polar surface area (TPSA) is 71.9 Å². The maximum atomic E-state index is 9.11. The van der Waals surface area contributed by atoms with Gasteiger partial charge < -0.3 is 20.0 Å². The Morgan fingerprint density at radius 3 is 2.76 bits per heavy atom. The summed E-state index contributed by atoms with van der Waals surface area (Å²) in [6, 6.07) is 3.64. The first-order valence-electron chi connectivity index (χ1n) is 5.83. The molecule has 0 aliphatic heterocycles. The van der Waals surface area contributed by atoms with Crippen molar-refractivity contribution >= 4 is 0 Å². The Morgan fingerprint density at radius 1 is 1.53 bits per heavy atom. The van der Waals surface area contributed by atoms with Gasteiger partial charge >= 0.3 is 0 Å². The lowest BCUT2D eigenvalue weighted by atomic mass is 10.1. The van der Waals surface area contributed by atoms with Gasteiger partial charge in [-0.2, -0.15) is 0 Å². The number of aliphatic hydroxyl groups excluding tert-OH is 1. The SMILES string of the molecule is COCCN(CCO)C(c1ccco1)C(C)N. The third kappa shape index (κ3) is 4.12. The van der Waals surface area contributed by atoms with Gasteiger partial charge in [0, 0.05) is 26.2 Å². The molecule has 1 rings (SSSR count). The van der Waals surface area contributed by atoms with Gasteiger partial charge in [0.15, 0.2) is 0 Å². The molecule has 5 nitrogen and oxygen atoms in total. The van der Waals surface area contributed by atoms with E-state index in [0.717, 1.165) is 5.76 Å². The van der Waals surface area contributed by atoms with Crippen LogP contribution >= 0.6 is 0 Å². The molecule has 0 radical (unpaired) electrons. The second kappa shape index (κ2) is 7.45. The quantitative estimate of drug-likeness (QED) is 0.699. The number of hydrogen-bond donors (Lipinski definition) is 2. The number of furan rings is 1. The first-order valence-corrected chi connectivity index (χ1v) is 5.83. The molecule has 0 amide bonds. The molecule has 0 aliphatic carbocycles. The van der Waals surface area contributed by atoms with E-state index in [1.54, 1.807) is 13.4 Å². The molecule has 0 saturated heterocycles. The van der Waals surface area contributed by atoms with Gasteiger partial charge in [-0.25, -0.2) is 0 Å². The highest BCUT2D eigenvalue weighted by Crippen LogP contribution is 2.23. The lowest BCUT2D eigenvalue weighted by molar-refractivity contribution is 0.0839. The van der Waals surface area contributed by atoms with Crippen LogP contribution < -0.4 is 5.73 Å². The molecule has 1 aromatic heterocycles. The maximum Gasteiger partial charge on any atom is 0.122 e. The zero-order valence-corrected chi connectivity index (χ0v) is 10.5. The third-order valence-electron chi connectivity index (χ3n) is 2.70. The highest BCUT2D eigenvalue weighted by Gasteiger charge is 2.25. The van der Waals surface area contributed by atoms with Crippen LogP contribution in [0.1, 0.15) is 18.7 Å². The van der Waals surface area contributed by atoms with Gasteiger partial charge in [-0.3, -0.25) is 4.90 Å². The molecule has 2 atom stereocenters. The first kappa shape index (κ1) is 14.2. The Hall–Kier alpha value is -0.880. The predicted molar refractivity (Wildman–Crippen MR) is 65.6 cm³/mol. The fourth-order valence-electron chi connectivity index (χ4n) is 1.96. The minimum Gasteiger partial charge on any atom is -0.468 e. The zero-order valence-electron chi connectivity index (χ0n) is 10.5. The maximum absolute atomic E-state index is 9.11. The average Bonchev–Trinajstić information content (AvgIpc) is 2.79. The number of rotatable bonds is 8. The van der Waals surface area contributed by atoms with Gasteiger partial charge in [0.1, 0.15) is 5.76 Å². The van der Waals surface area contributed by atoms with Gasteiger partial charge in [0.05, 0.1) is 25.5 Å². The Labute approximate surface area is 102 Å². The normalized spacial score (nSPS) is 15.1. The summed E-state index contributed by atoms with van der Waals surface area (Å²) in [5, 5.41) is 9.11. The smallest absolute Gasteiger partial charge is 0.122 e. The van der Waals surface area contributed by atoms with Crippen molar-refractivity contribution in [1.82, 2.24) is 4.90 Å². The summed E-state index contributed by atoms with van der Waals surface area (Å²) in [4.78, 5) is 2.08. The first-order chi connectivity index (χ1) is 8.20. The number of hydrogen-bond acceptors (Lipinski definition) is 5. The van der Waals surface area contributed by atoms with Crippen molar-refractivity contribution < 1.29 is 14.3 Å². The van der Waals surface area contributed by atoms with E-state index in [1.807, 2.05) is 19.1 Å². The van der Waals surface area contributed by atoms with Gasteiger partial charge in [0.25, 0.3) is 0 Å². The third-order valence-corrected chi connectivity index (χ3v) is 2.70. The largest absolute Gasteiger partial charge is 0.468 e. The van der Waals surface area contributed by atoms with Crippen LogP contribution in [0.3, 0.4) is 0 Å². The van der Waals surface area contributed by atoms with E-state index < -0.39 is 0 Å².